The van der Waals surface area contributed by atoms with Gasteiger partial charge >= 0.3 is 6.03 Å². The van der Waals surface area contributed by atoms with Crippen LogP contribution in [0.4, 0.5) is 20.7 Å². The Morgan fingerprint density at radius 3 is 2.96 bits per heavy atom. The second-order valence-electron chi connectivity index (χ2n) is 5.95. The topological polar surface area (TPSA) is 118 Å². The van der Waals surface area contributed by atoms with E-state index in [1.807, 2.05) is 0 Å². The third-order valence-corrected chi connectivity index (χ3v) is 4.17. The van der Waals surface area contributed by atoms with Gasteiger partial charge in [-0.25, -0.2) is 14.2 Å². The summed E-state index contributed by atoms with van der Waals surface area (Å²) in [5.74, 6) is -0.671. The number of halogens is 1. The number of urea groups is 1. The summed E-state index contributed by atoms with van der Waals surface area (Å²) in [6, 6.07) is 5.30. The van der Waals surface area contributed by atoms with E-state index in [9.17, 15) is 24.4 Å². The van der Waals surface area contributed by atoms with Crippen LogP contribution in [0.2, 0.25) is 0 Å². The van der Waals surface area contributed by atoms with E-state index in [1.165, 1.54) is 23.2 Å². The van der Waals surface area contributed by atoms with E-state index < -0.39 is 16.8 Å². The minimum absolute atomic E-state index is 0.108. The molecule has 1 aromatic heterocycles. The highest BCUT2D eigenvalue weighted by Gasteiger charge is 2.28. The van der Waals surface area contributed by atoms with Crippen LogP contribution >= 0.6 is 0 Å². The maximum absolute atomic E-state index is 13.9. The van der Waals surface area contributed by atoms with E-state index in [1.54, 1.807) is 0 Å². The fraction of sp³-hybridized carbons (Fsp3) is 0.294. The molecular formula is C17H17FN4O5. The smallest absolute Gasteiger partial charge is 0.323 e. The summed E-state index contributed by atoms with van der Waals surface area (Å²) in [6.07, 6.45) is 2.93. The van der Waals surface area contributed by atoms with E-state index >= 15 is 0 Å². The molecule has 1 fully saturated rings. The number of nitro groups is 1. The van der Waals surface area contributed by atoms with Gasteiger partial charge in [-0.1, -0.05) is 0 Å². The van der Waals surface area contributed by atoms with Crippen molar-refractivity contribution >= 4 is 17.5 Å². The van der Waals surface area contributed by atoms with Crippen molar-refractivity contribution in [2.45, 2.75) is 18.9 Å². The molecule has 2 amide bonds. The number of benzene rings is 1. The Kier molecular flexibility index (Phi) is 5.46. The number of aromatic nitrogens is 1. The molecule has 27 heavy (non-hydrogen) atoms. The monoisotopic (exact) mass is 376 g/mol. The van der Waals surface area contributed by atoms with Gasteiger partial charge in [0.15, 0.2) is 11.6 Å². The van der Waals surface area contributed by atoms with E-state index in [-0.39, 0.29) is 35.7 Å². The van der Waals surface area contributed by atoms with Crippen LogP contribution in [0.5, 0.6) is 11.5 Å². The number of hydrogen-bond donors (Lipinski definition) is 2. The molecule has 0 saturated carbocycles. The van der Waals surface area contributed by atoms with Gasteiger partial charge in [-0.15, -0.1) is 0 Å². The number of pyridine rings is 1. The number of nitrogens with zero attached hydrogens (tertiary/aromatic N) is 3. The minimum atomic E-state index is -0.880. The lowest BCUT2D eigenvalue weighted by Gasteiger charge is -2.23. The fourth-order valence-corrected chi connectivity index (χ4v) is 2.83. The summed E-state index contributed by atoms with van der Waals surface area (Å²) < 4.78 is 19.3. The van der Waals surface area contributed by atoms with Gasteiger partial charge in [-0.05, 0) is 25.0 Å². The number of nitrogens with one attached hydrogen (secondary N) is 1. The van der Waals surface area contributed by atoms with Gasteiger partial charge in [0.1, 0.15) is 11.6 Å². The number of aliphatic hydroxyl groups is 1. The number of likely N-dealkylation sites (tertiary alicyclic amines) is 1. The third-order valence-electron chi connectivity index (χ3n) is 4.17. The molecule has 3 rings (SSSR count). The van der Waals surface area contributed by atoms with Crippen molar-refractivity contribution in [3.63, 3.8) is 0 Å². The number of amides is 2. The molecular weight excluding hydrogens is 359 g/mol. The van der Waals surface area contributed by atoms with Crippen LogP contribution in [0.15, 0.2) is 36.5 Å². The van der Waals surface area contributed by atoms with Gasteiger partial charge in [0.05, 0.1) is 23.6 Å². The lowest BCUT2D eigenvalue weighted by molar-refractivity contribution is -0.385. The maximum Gasteiger partial charge on any atom is 0.323 e. The summed E-state index contributed by atoms with van der Waals surface area (Å²) in [6.45, 7) is 0.435. The number of carbonyl (C=O) groups excluding carboxylic acids is 1. The van der Waals surface area contributed by atoms with Crippen LogP contribution in [-0.4, -0.2) is 45.1 Å². The molecule has 1 aliphatic rings. The van der Waals surface area contributed by atoms with Crippen molar-refractivity contribution in [2.24, 2.45) is 0 Å². The van der Waals surface area contributed by atoms with Crippen molar-refractivity contribution in [1.29, 1.82) is 0 Å². The second kappa shape index (κ2) is 7.96. The summed E-state index contributed by atoms with van der Waals surface area (Å²) in [5, 5.41) is 22.6. The Hall–Kier alpha value is -3.27. The predicted molar refractivity (Wildman–Crippen MR) is 93.2 cm³/mol. The molecule has 9 nitrogen and oxygen atoms in total. The molecule has 1 saturated heterocycles. The molecule has 1 aliphatic heterocycles. The van der Waals surface area contributed by atoms with Crippen molar-refractivity contribution in [3.05, 3.63) is 52.5 Å². The summed E-state index contributed by atoms with van der Waals surface area (Å²) in [7, 11) is 0. The largest absolute Gasteiger partial charge is 0.454 e. The quantitative estimate of drug-likeness (QED) is 0.612. The molecule has 2 N–H and O–H groups in total. The van der Waals surface area contributed by atoms with Crippen molar-refractivity contribution < 1.29 is 24.0 Å². The van der Waals surface area contributed by atoms with E-state index in [4.69, 9.17) is 4.74 Å². The highest BCUT2D eigenvalue weighted by Crippen LogP contribution is 2.28. The average molecular weight is 376 g/mol. The number of hydrogen-bond acceptors (Lipinski definition) is 6. The second-order valence-corrected chi connectivity index (χ2v) is 5.95. The first-order chi connectivity index (χ1) is 13.0. The lowest BCUT2D eigenvalue weighted by Crippen LogP contribution is -2.40. The molecule has 1 aromatic carbocycles. The van der Waals surface area contributed by atoms with Crippen molar-refractivity contribution in [2.75, 3.05) is 18.5 Å². The van der Waals surface area contributed by atoms with Crippen LogP contribution in [-0.2, 0) is 0 Å². The number of nitro benzene ring substituents is 1. The zero-order valence-electron chi connectivity index (χ0n) is 14.2. The van der Waals surface area contributed by atoms with Gasteiger partial charge in [-0.2, -0.15) is 0 Å². The SMILES string of the molecule is O=C(Nc1cc(Oc2ccc([N+](=O)[O-])cc2F)ccn1)N1CCCC1CO. The minimum Gasteiger partial charge on any atom is -0.454 e. The Labute approximate surface area is 153 Å². The Morgan fingerprint density at radius 1 is 1.44 bits per heavy atom. The average Bonchev–Trinajstić information content (AvgIpc) is 3.12. The van der Waals surface area contributed by atoms with E-state index in [2.05, 4.69) is 10.3 Å². The molecule has 1 unspecified atom stereocenters. The summed E-state index contributed by atoms with van der Waals surface area (Å²) >= 11 is 0. The summed E-state index contributed by atoms with van der Waals surface area (Å²) in [5.41, 5.74) is -0.383. The van der Waals surface area contributed by atoms with Crippen LogP contribution in [0.3, 0.4) is 0 Å². The van der Waals surface area contributed by atoms with Crippen LogP contribution < -0.4 is 10.1 Å². The van der Waals surface area contributed by atoms with Crippen molar-refractivity contribution in [1.82, 2.24) is 9.88 Å². The highest BCUT2D eigenvalue weighted by atomic mass is 19.1. The molecule has 1 atom stereocenters. The van der Waals surface area contributed by atoms with Crippen LogP contribution in [0.1, 0.15) is 12.8 Å². The highest BCUT2D eigenvalue weighted by molar-refractivity contribution is 5.88. The van der Waals surface area contributed by atoms with Crippen LogP contribution in [0, 0.1) is 15.9 Å². The number of non-ortho nitro benzene ring substituents is 1. The molecule has 2 aromatic rings. The first kappa shape index (κ1) is 18.5. The normalized spacial score (nSPS) is 16.2. The standard InChI is InChI=1S/C17H17FN4O5/c18-14-8-11(22(25)26)3-4-15(14)27-13-5-6-19-16(9-13)20-17(24)21-7-1-2-12(21)10-23/h3-6,8-9,12,23H,1-2,7,10H2,(H,19,20,24). The maximum atomic E-state index is 13.9. The molecule has 0 bridgehead atoms. The van der Waals surface area contributed by atoms with Gasteiger partial charge in [0, 0.05) is 24.9 Å². The van der Waals surface area contributed by atoms with E-state index in [0.717, 1.165) is 31.0 Å². The molecule has 0 radical (unpaired) electrons. The van der Waals surface area contributed by atoms with Gasteiger partial charge in [0.2, 0.25) is 0 Å². The molecule has 10 heteroatoms. The Morgan fingerprint density at radius 2 is 2.26 bits per heavy atom. The molecule has 0 aliphatic carbocycles. The first-order valence-electron chi connectivity index (χ1n) is 8.24. The summed E-state index contributed by atoms with van der Waals surface area (Å²) in [4.78, 5) is 27.8. The van der Waals surface area contributed by atoms with Crippen LogP contribution in [0.25, 0.3) is 0 Å². The molecule has 142 valence electrons. The van der Waals surface area contributed by atoms with Gasteiger partial charge < -0.3 is 14.7 Å². The third kappa shape index (κ3) is 4.29. The number of carbonyl (C=O) groups is 1. The van der Waals surface area contributed by atoms with Crippen molar-refractivity contribution in [3.8, 4) is 11.5 Å². The Balaban J connectivity index is 1.70. The predicted octanol–water partition coefficient (Wildman–Crippen LogP) is 2.91. The van der Waals surface area contributed by atoms with Gasteiger partial charge in [-0.3, -0.25) is 15.4 Å². The lowest BCUT2D eigenvalue weighted by atomic mass is 10.2. The fourth-order valence-electron chi connectivity index (χ4n) is 2.83. The number of rotatable bonds is 5. The molecule has 0 spiro atoms. The van der Waals surface area contributed by atoms with Gasteiger partial charge in [0.25, 0.3) is 5.69 Å². The number of aliphatic hydroxyl groups excluding tert-OH is 1. The molecule has 2 heterocycles. The first-order valence-corrected chi connectivity index (χ1v) is 8.24. The zero-order chi connectivity index (χ0) is 19.4. The number of ether oxygens (including phenoxy) is 1. The van der Waals surface area contributed by atoms with E-state index in [0.29, 0.717) is 6.54 Å². The zero-order valence-corrected chi connectivity index (χ0v) is 14.2. The number of anilines is 1. The Bertz CT molecular complexity index is 863.